The van der Waals surface area contributed by atoms with E-state index in [-0.39, 0.29) is 5.91 Å². The fraction of sp³-hybridized carbons (Fsp3) is 0.105. The summed E-state index contributed by atoms with van der Waals surface area (Å²) in [5.41, 5.74) is 3.14. The Labute approximate surface area is 141 Å². The van der Waals surface area contributed by atoms with Crippen LogP contribution in [0, 0.1) is 0 Å². The molecule has 1 N–H and O–H groups in total. The van der Waals surface area contributed by atoms with Crippen LogP contribution in [0.3, 0.4) is 0 Å². The average Bonchev–Trinajstić information content (AvgIpc) is 2.67. The fourth-order valence-corrected chi connectivity index (χ4v) is 2.32. The fourth-order valence-electron chi connectivity index (χ4n) is 2.32. The van der Waals surface area contributed by atoms with Gasteiger partial charge in [-0.05, 0) is 36.4 Å². The number of nitrogens with zero attached hydrogens (tertiary/aromatic N) is 3. The van der Waals surface area contributed by atoms with Gasteiger partial charge in [-0.1, -0.05) is 24.3 Å². The van der Waals surface area contributed by atoms with E-state index >= 15 is 0 Å². The van der Waals surface area contributed by atoms with Crippen LogP contribution in [0.15, 0.2) is 73.1 Å². The predicted molar refractivity (Wildman–Crippen MR) is 94.1 cm³/mol. The normalized spacial score (nSPS) is 10.2. The highest BCUT2D eigenvalue weighted by molar-refractivity contribution is 5.93. The lowest BCUT2D eigenvalue weighted by atomic mass is 10.2. The maximum atomic E-state index is 12.3. The average molecular weight is 318 g/mol. The van der Waals surface area contributed by atoms with Crippen LogP contribution < -0.4 is 10.2 Å². The number of carbonyl (C=O) groups excluding carboxylic acids is 1. The van der Waals surface area contributed by atoms with Crippen molar-refractivity contribution >= 4 is 17.3 Å². The number of para-hydroxylation sites is 1. The predicted octanol–water partition coefficient (Wildman–Crippen LogP) is 3.17. The molecule has 2 heterocycles. The third-order valence-corrected chi connectivity index (χ3v) is 3.66. The van der Waals surface area contributed by atoms with Crippen LogP contribution >= 0.6 is 0 Å². The number of carbonyl (C=O) groups is 1. The van der Waals surface area contributed by atoms with E-state index in [9.17, 15) is 4.79 Å². The van der Waals surface area contributed by atoms with Crippen molar-refractivity contribution in [3.63, 3.8) is 0 Å². The van der Waals surface area contributed by atoms with Gasteiger partial charge in [-0.15, -0.1) is 0 Å². The number of pyridine rings is 2. The van der Waals surface area contributed by atoms with Gasteiger partial charge in [0.15, 0.2) is 0 Å². The van der Waals surface area contributed by atoms with E-state index in [1.807, 2.05) is 66.5 Å². The zero-order chi connectivity index (χ0) is 16.8. The highest BCUT2D eigenvalue weighted by atomic mass is 16.1. The van der Waals surface area contributed by atoms with Crippen LogP contribution in [0.25, 0.3) is 0 Å². The number of amides is 1. The number of nitrogens with one attached hydrogen (secondary N) is 1. The molecular weight excluding hydrogens is 300 g/mol. The zero-order valence-electron chi connectivity index (χ0n) is 13.4. The molecule has 2 aromatic heterocycles. The second-order valence-corrected chi connectivity index (χ2v) is 5.30. The molecule has 0 aliphatic rings. The van der Waals surface area contributed by atoms with Gasteiger partial charge in [-0.2, -0.15) is 0 Å². The Balaban J connectivity index is 1.71. The van der Waals surface area contributed by atoms with Gasteiger partial charge in [0.2, 0.25) is 0 Å². The summed E-state index contributed by atoms with van der Waals surface area (Å²) in [6, 6.07) is 19.2. The van der Waals surface area contributed by atoms with Crippen LogP contribution in [0.1, 0.15) is 16.2 Å². The molecule has 0 fully saturated rings. The number of aromatic nitrogens is 2. The Kier molecular flexibility index (Phi) is 4.81. The van der Waals surface area contributed by atoms with Crippen LogP contribution in [-0.2, 0) is 6.54 Å². The molecular formula is C19H18N4O. The number of rotatable bonds is 5. The summed E-state index contributed by atoms with van der Waals surface area (Å²) in [5, 5.41) is 2.84. The molecule has 0 aliphatic carbocycles. The van der Waals surface area contributed by atoms with E-state index < -0.39 is 0 Å². The maximum absolute atomic E-state index is 12.3. The molecule has 0 unspecified atom stereocenters. The van der Waals surface area contributed by atoms with Gasteiger partial charge in [0, 0.05) is 30.8 Å². The number of hydrogen-bond acceptors (Lipinski definition) is 4. The van der Waals surface area contributed by atoms with Gasteiger partial charge in [-0.3, -0.25) is 14.8 Å². The van der Waals surface area contributed by atoms with Crippen molar-refractivity contribution in [1.82, 2.24) is 15.3 Å². The summed E-state index contributed by atoms with van der Waals surface area (Å²) < 4.78 is 0. The monoisotopic (exact) mass is 318 g/mol. The molecule has 0 saturated carbocycles. The maximum Gasteiger partial charge on any atom is 0.270 e. The molecule has 3 rings (SSSR count). The molecule has 0 bridgehead atoms. The zero-order valence-corrected chi connectivity index (χ0v) is 13.4. The molecule has 0 saturated heterocycles. The van der Waals surface area contributed by atoms with E-state index in [1.54, 1.807) is 18.5 Å². The van der Waals surface area contributed by atoms with Gasteiger partial charge in [0.25, 0.3) is 5.91 Å². The largest absolute Gasteiger partial charge is 0.345 e. The smallest absolute Gasteiger partial charge is 0.270 e. The summed E-state index contributed by atoms with van der Waals surface area (Å²) in [4.78, 5) is 22.7. The van der Waals surface area contributed by atoms with E-state index in [1.165, 1.54) is 0 Å². The molecule has 120 valence electrons. The molecule has 0 spiro atoms. The van der Waals surface area contributed by atoms with Gasteiger partial charge in [0.05, 0.1) is 12.2 Å². The first-order chi connectivity index (χ1) is 11.7. The summed E-state index contributed by atoms with van der Waals surface area (Å²) in [6.45, 7) is 0.375. The van der Waals surface area contributed by atoms with Crippen molar-refractivity contribution in [3.8, 4) is 0 Å². The van der Waals surface area contributed by atoms with E-state index in [4.69, 9.17) is 0 Å². The third-order valence-electron chi connectivity index (χ3n) is 3.66. The lowest BCUT2D eigenvalue weighted by molar-refractivity contribution is 0.0945. The van der Waals surface area contributed by atoms with Crippen LogP contribution in [-0.4, -0.2) is 22.9 Å². The SMILES string of the molecule is CN(c1ccccc1)c1ccnc(C(=O)NCc2ccccn2)c1. The van der Waals surface area contributed by atoms with Gasteiger partial charge < -0.3 is 10.2 Å². The van der Waals surface area contributed by atoms with E-state index in [0.29, 0.717) is 12.2 Å². The molecule has 0 aliphatic heterocycles. The first kappa shape index (κ1) is 15.7. The molecule has 24 heavy (non-hydrogen) atoms. The third kappa shape index (κ3) is 3.76. The van der Waals surface area contributed by atoms with Crippen LogP contribution in [0.5, 0.6) is 0 Å². The van der Waals surface area contributed by atoms with Crippen molar-refractivity contribution in [2.45, 2.75) is 6.54 Å². The Bertz CT molecular complexity index is 806. The highest BCUT2D eigenvalue weighted by Crippen LogP contribution is 2.22. The van der Waals surface area contributed by atoms with Crippen LogP contribution in [0.2, 0.25) is 0 Å². The number of anilines is 2. The number of benzene rings is 1. The summed E-state index contributed by atoms with van der Waals surface area (Å²) in [7, 11) is 1.96. The summed E-state index contributed by atoms with van der Waals surface area (Å²) in [5.74, 6) is -0.219. The molecule has 5 nitrogen and oxygen atoms in total. The standard InChI is InChI=1S/C19H18N4O/c1-23(16-8-3-2-4-9-16)17-10-12-21-18(13-17)19(24)22-14-15-7-5-6-11-20-15/h2-13H,14H2,1H3,(H,22,24). The lowest BCUT2D eigenvalue weighted by Crippen LogP contribution is -2.24. The molecule has 3 aromatic rings. The van der Waals surface area contributed by atoms with Crippen molar-refractivity contribution in [2.24, 2.45) is 0 Å². The Hall–Kier alpha value is -3.21. The Morgan fingerprint density at radius 1 is 0.958 bits per heavy atom. The van der Waals surface area contributed by atoms with Gasteiger partial charge in [0.1, 0.15) is 5.69 Å². The second-order valence-electron chi connectivity index (χ2n) is 5.30. The van der Waals surface area contributed by atoms with Crippen LogP contribution in [0.4, 0.5) is 11.4 Å². The first-order valence-electron chi connectivity index (χ1n) is 7.67. The van der Waals surface area contributed by atoms with Crippen molar-refractivity contribution in [2.75, 3.05) is 11.9 Å². The summed E-state index contributed by atoms with van der Waals surface area (Å²) in [6.07, 6.45) is 3.35. The summed E-state index contributed by atoms with van der Waals surface area (Å²) >= 11 is 0. The number of hydrogen-bond donors (Lipinski definition) is 1. The van der Waals surface area contributed by atoms with Gasteiger partial charge >= 0.3 is 0 Å². The molecule has 0 radical (unpaired) electrons. The minimum atomic E-state index is -0.219. The van der Waals surface area contributed by atoms with Crippen molar-refractivity contribution < 1.29 is 4.79 Å². The van der Waals surface area contributed by atoms with E-state index in [0.717, 1.165) is 17.1 Å². The quantitative estimate of drug-likeness (QED) is 0.785. The first-order valence-corrected chi connectivity index (χ1v) is 7.67. The Morgan fingerprint density at radius 3 is 2.50 bits per heavy atom. The van der Waals surface area contributed by atoms with Crippen molar-refractivity contribution in [3.05, 3.63) is 84.4 Å². The lowest BCUT2D eigenvalue weighted by Gasteiger charge is -2.19. The minimum Gasteiger partial charge on any atom is -0.345 e. The second kappa shape index (κ2) is 7.37. The molecule has 5 heteroatoms. The van der Waals surface area contributed by atoms with Gasteiger partial charge in [-0.25, -0.2) is 0 Å². The van der Waals surface area contributed by atoms with E-state index in [2.05, 4.69) is 15.3 Å². The minimum absolute atomic E-state index is 0.219. The molecule has 1 amide bonds. The molecule has 0 atom stereocenters. The highest BCUT2D eigenvalue weighted by Gasteiger charge is 2.10. The topological polar surface area (TPSA) is 58.1 Å². The van der Waals surface area contributed by atoms with Crippen molar-refractivity contribution in [1.29, 1.82) is 0 Å². The molecule has 1 aromatic carbocycles. The Morgan fingerprint density at radius 2 is 1.75 bits per heavy atom.